The Morgan fingerprint density at radius 2 is 1.76 bits per heavy atom. The molecule has 0 amide bonds. The van der Waals surface area contributed by atoms with Gasteiger partial charge in [-0.3, -0.25) is 0 Å². The molecule has 1 aromatic heterocycles. The van der Waals surface area contributed by atoms with Crippen molar-refractivity contribution in [1.82, 2.24) is 5.16 Å². The van der Waals surface area contributed by atoms with Gasteiger partial charge in [0, 0.05) is 12.0 Å². The standard InChI is InChI=1S/C15H27NO/c1-10(2)13-8-14(17-16-13)12(5)9-15(6,7)11(3)4/h8,10-12H,9H2,1-7H3. The highest BCUT2D eigenvalue weighted by Gasteiger charge is 2.27. The Morgan fingerprint density at radius 3 is 2.18 bits per heavy atom. The first-order valence-electron chi connectivity index (χ1n) is 6.70. The molecule has 0 bridgehead atoms. The lowest BCUT2D eigenvalue weighted by molar-refractivity contribution is 0.202. The van der Waals surface area contributed by atoms with Gasteiger partial charge in [-0.05, 0) is 23.7 Å². The Hall–Kier alpha value is -0.790. The van der Waals surface area contributed by atoms with Crippen LogP contribution in [0.25, 0.3) is 0 Å². The smallest absolute Gasteiger partial charge is 0.139 e. The molecule has 0 radical (unpaired) electrons. The van der Waals surface area contributed by atoms with Crippen molar-refractivity contribution >= 4 is 0 Å². The van der Waals surface area contributed by atoms with E-state index < -0.39 is 0 Å². The molecule has 2 heteroatoms. The van der Waals surface area contributed by atoms with Crippen LogP contribution in [0.2, 0.25) is 0 Å². The van der Waals surface area contributed by atoms with E-state index in [-0.39, 0.29) is 0 Å². The fraction of sp³-hybridized carbons (Fsp3) is 0.800. The summed E-state index contributed by atoms with van der Waals surface area (Å²) in [5, 5.41) is 4.14. The fourth-order valence-electron chi connectivity index (χ4n) is 1.93. The summed E-state index contributed by atoms with van der Waals surface area (Å²) in [6.07, 6.45) is 1.14. The van der Waals surface area contributed by atoms with Gasteiger partial charge in [-0.15, -0.1) is 0 Å². The van der Waals surface area contributed by atoms with Gasteiger partial charge < -0.3 is 4.52 Å². The molecule has 0 aromatic carbocycles. The van der Waals surface area contributed by atoms with Crippen LogP contribution < -0.4 is 0 Å². The summed E-state index contributed by atoms with van der Waals surface area (Å²) in [6.45, 7) is 15.7. The van der Waals surface area contributed by atoms with Gasteiger partial charge in [0.1, 0.15) is 5.76 Å². The largest absolute Gasteiger partial charge is 0.361 e. The molecule has 0 aliphatic carbocycles. The van der Waals surface area contributed by atoms with Crippen LogP contribution in [-0.4, -0.2) is 5.16 Å². The van der Waals surface area contributed by atoms with Crippen molar-refractivity contribution in [1.29, 1.82) is 0 Å². The fourth-order valence-corrected chi connectivity index (χ4v) is 1.93. The molecular weight excluding hydrogens is 210 g/mol. The van der Waals surface area contributed by atoms with E-state index in [4.69, 9.17) is 4.52 Å². The molecule has 17 heavy (non-hydrogen) atoms. The molecule has 0 aliphatic heterocycles. The minimum atomic E-state index is 0.338. The zero-order valence-electron chi connectivity index (χ0n) is 12.4. The monoisotopic (exact) mass is 237 g/mol. The molecule has 1 rings (SSSR count). The molecule has 0 fully saturated rings. The van der Waals surface area contributed by atoms with Gasteiger partial charge in [-0.2, -0.15) is 0 Å². The van der Waals surface area contributed by atoms with Gasteiger partial charge in [0.2, 0.25) is 0 Å². The third-order valence-corrected chi connectivity index (χ3v) is 4.02. The number of rotatable bonds is 5. The predicted octanol–water partition coefficient (Wildman–Crippen LogP) is 4.97. The molecule has 1 atom stereocenters. The van der Waals surface area contributed by atoms with Gasteiger partial charge in [-0.25, -0.2) is 0 Å². The zero-order valence-corrected chi connectivity index (χ0v) is 12.4. The first-order chi connectivity index (χ1) is 7.74. The summed E-state index contributed by atoms with van der Waals surface area (Å²) in [7, 11) is 0. The van der Waals surface area contributed by atoms with Crippen LogP contribution in [0.15, 0.2) is 10.6 Å². The van der Waals surface area contributed by atoms with Crippen molar-refractivity contribution < 1.29 is 4.52 Å². The second-order valence-corrected chi connectivity index (χ2v) is 6.56. The van der Waals surface area contributed by atoms with E-state index in [1.165, 1.54) is 0 Å². The average Bonchev–Trinajstić information content (AvgIpc) is 2.65. The molecule has 0 saturated heterocycles. The molecule has 1 heterocycles. The molecule has 0 N–H and O–H groups in total. The molecule has 0 spiro atoms. The number of aromatic nitrogens is 1. The van der Waals surface area contributed by atoms with Crippen molar-refractivity contribution in [2.75, 3.05) is 0 Å². The SMILES string of the molecule is CC(C)c1cc(C(C)CC(C)(C)C(C)C)on1. The Kier molecular flexibility index (Phi) is 4.40. The van der Waals surface area contributed by atoms with E-state index in [1.54, 1.807) is 0 Å². The van der Waals surface area contributed by atoms with Crippen LogP contribution in [0.4, 0.5) is 0 Å². The van der Waals surface area contributed by atoms with E-state index in [1.807, 2.05) is 0 Å². The molecule has 98 valence electrons. The molecule has 0 saturated carbocycles. The summed E-state index contributed by atoms with van der Waals surface area (Å²) in [5.41, 5.74) is 1.40. The number of hydrogen-bond acceptors (Lipinski definition) is 2. The molecule has 1 aromatic rings. The first kappa shape index (κ1) is 14.3. The summed E-state index contributed by atoms with van der Waals surface area (Å²) in [4.78, 5) is 0. The average molecular weight is 237 g/mol. The molecule has 2 nitrogen and oxygen atoms in total. The third-order valence-electron chi connectivity index (χ3n) is 4.02. The maximum atomic E-state index is 5.46. The van der Waals surface area contributed by atoms with Crippen molar-refractivity contribution in [3.63, 3.8) is 0 Å². The Morgan fingerprint density at radius 1 is 1.18 bits per heavy atom. The lowest BCUT2D eigenvalue weighted by atomic mass is 9.74. The van der Waals surface area contributed by atoms with Crippen molar-refractivity contribution in [2.45, 2.75) is 66.7 Å². The first-order valence-corrected chi connectivity index (χ1v) is 6.70. The highest BCUT2D eigenvalue weighted by molar-refractivity contribution is 5.12. The van der Waals surface area contributed by atoms with Crippen LogP contribution in [0.5, 0.6) is 0 Å². The van der Waals surface area contributed by atoms with Crippen molar-refractivity contribution in [2.24, 2.45) is 11.3 Å². The van der Waals surface area contributed by atoms with E-state index >= 15 is 0 Å². The summed E-state index contributed by atoms with van der Waals surface area (Å²) in [6, 6.07) is 2.12. The highest BCUT2D eigenvalue weighted by Crippen LogP contribution is 2.37. The van der Waals surface area contributed by atoms with Gasteiger partial charge in [0.15, 0.2) is 0 Å². The topological polar surface area (TPSA) is 26.0 Å². The summed E-state index contributed by atoms with van der Waals surface area (Å²) in [5.74, 6) is 2.59. The Balaban J connectivity index is 2.73. The van der Waals surface area contributed by atoms with Gasteiger partial charge in [-0.1, -0.05) is 53.6 Å². The molecule has 1 unspecified atom stereocenters. The quantitative estimate of drug-likeness (QED) is 0.722. The minimum absolute atomic E-state index is 0.338. The van der Waals surface area contributed by atoms with Crippen LogP contribution in [-0.2, 0) is 0 Å². The van der Waals surface area contributed by atoms with Crippen LogP contribution in [0, 0.1) is 11.3 Å². The van der Waals surface area contributed by atoms with Crippen LogP contribution in [0.1, 0.15) is 78.2 Å². The lowest BCUT2D eigenvalue weighted by Crippen LogP contribution is -2.21. The minimum Gasteiger partial charge on any atom is -0.361 e. The van der Waals surface area contributed by atoms with Crippen LogP contribution in [0.3, 0.4) is 0 Å². The van der Waals surface area contributed by atoms with E-state index in [2.05, 4.69) is 59.7 Å². The van der Waals surface area contributed by atoms with Gasteiger partial charge >= 0.3 is 0 Å². The Labute approximate surface area is 106 Å². The second kappa shape index (κ2) is 5.24. The summed E-state index contributed by atoms with van der Waals surface area (Å²) >= 11 is 0. The molecular formula is C15H27NO. The Bertz CT molecular complexity index is 350. The van der Waals surface area contributed by atoms with Crippen LogP contribution >= 0.6 is 0 Å². The maximum Gasteiger partial charge on any atom is 0.139 e. The zero-order chi connectivity index (χ0) is 13.2. The highest BCUT2D eigenvalue weighted by atomic mass is 16.5. The van der Waals surface area contributed by atoms with E-state index in [9.17, 15) is 0 Å². The lowest BCUT2D eigenvalue weighted by Gasteiger charge is -2.31. The summed E-state index contributed by atoms with van der Waals surface area (Å²) < 4.78 is 5.46. The van der Waals surface area contributed by atoms with Crippen molar-refractivity contribution in [3.05, 3.63) is 17.5 Å². The third kappa shape index (κ3) is 3.58. The molecule has 0 aliphatic rings. The van der Waals surface area contributed by atoms with Gasteiger partial charge in [0.05, 0.1) is 5.69 Å². The predicted molar refractivity (Wildman–Crippen MR) is 72.2 cm³/mol. The van der Waals surface area contributed by atoms with E-state index in [0.29, 0.717) is 23.2 Å². The van der Waals surface area contributed by atoms with Gasteiger partial charge in [0.25, 0.3) is 0 Å². The second-order valence-electron chi connectivity index (χ2n) is 6.56. The maximum absolute atomic E-state index is 5.46. The normalized spacial score (nSPS) is 14.6. The van der Waals surface area contributed by atoms with E-state index in [0.717, 1.165) is 17.9 Å². The number of nitrogens with zero attached hydrogens (tertiary/aromatic N) is 1. The van der Waals surface area contributed by atoms with Crippen molar-refractivity contribution in [3.8, 4) is 0 Å². The number of hydrogen-bond donors (Lipinski definition) is 0.